The third-order valence-corrected chi connectivity index (χ3v) is 1.09. The van der Waals surface area contributed by atoms with E-state index in [1.54, 1.807) is 13.0 Å². The maximum atomic E-state index is 10.4. The van der Waals surface area contributed by atoms with Crippen molar-refractivity contribution < 1.29 is 9.90 Å². The largest absolute Gasteiger partial charge is 0.478 e. The number of hydrogen-bond donors (Lipinski definition) is 2. The van der Waals surface area contributed by atoms with E-state index < -0.39 is 5.97 Å². The van der Waals surface area contributed by atoms with Gasteiger partial charge in [0.05, 0.1) is 5.57 Å². The molecule has 0 spiro atoms. The summed E-state index contributed by atoms with van der Waals surface area (Å²) >= 11 is 0. The molecule has 0 radical (unpaired) electrons. The lowest BCUT2D eigenvalue weighted by Crippen LogP contribution is -2.06. The van der Waals surface area contributed by atoms with E-state index in [0.29, 0.717) is 0 Å². The molecule has 0 saturated heterocycles. The number of carboxylic acids is 1. The molecule has 0 heterocycles. The summed E-state index contributed by atoms with van der Waals surface area (Å²) in [5, 5.41) is 8.53. The van der Waals surface area contributed by atoms with Crippen LogP contribution < -0.4 is 5.73 Å². The summed E-state index contributed by atoms with van der Waals surface area (Å²) in [6, 6.07) is 0. The molecule has 0 aromatic rings. The van der Waals surface area contributed by atoms with Crippen molar-refractivity contribution in [3.8, 4) is 0 Å². The van der Waals surface area contributed by atoms with Crippen LogP contribution in [0.1, 0.15) is 6.92 Å². The molecular weight excluding hydrogens is 142 g/mol. The predicted octanol–water partition coefficient (Wildman–Crippen LogP) is 1.05. The smallest absolute Gasteiger partial charge is 0.337 e. The monoisotopic (exact) mass is 153 g/mol. The second kappa shape index (κ2) is 4.33. The fourth-order valence-corrected chi connectivity index (χ4v) is 0.598. The maximum absolute atomic E-state index is 10.4. The van der Waals surface area contributed by atoms with Crippen LogP contribution in [0.25, 0.3) is 0 Å². The van der Waals surface area contributed by atoms with E-state index in [9.17, 15) is 4.79 Å². The summed E-state index contributed by atoms with van der Waals surface area (Å²) in [4.78, 5) is 10.4. The standard InChI is InChI=1S/C8H11NO2/c1-3-5-7(9)6(4-2)8(10)11/h3-5H,2,9H2,1H3,(H,10,11)/b5-3-,7-6-. The number of carboxylic acid groups (broad SMARTS) is 1. The molecule has 60 valence electrons. The number of nitrogens with two attached hydrogens (primary N) is 1. The van der Waals surface area contributed by atoms with Gasteiger partial charge in [-0.1, -0.05) is 18.7 Å². The molecule has 0 aliphatic heterocycles. The Bertz CT molecular complexity index is 226. The van der Waals surface area contributed by atoms with Gasteiger partial charge in [-0.05, 0) is 13.0 Å². The molecule has 0 aromatic carbocycles. The Morgan fingerprint density at radius 2 is 2.18 bits per heavy atom. The molecule has 11 heavy (non-hydrogen) atoms. The van der Waals surface area contributed by atoms with Gasteiger partial charge in [0.25, 0.3) is 0 Å². The number of carbonyl (C=O) groups is 1. The van der Waals surface area contributed by atoms with Gasteiger partial charge in [-0.25, -0.2) is 4.79 Å². The highest BCUT2D eigenvalue weighted by Crippen LogP contribution is 2.01. The summed E-state index contributed by atoms with van der Waals surface area (Å²) in [5.74, 6) is -1.06. The van der Waals surface area contributed by atoms with Gasteiger partial charge in [-0.2, -0.15) is 0 Å². The van der Waals surface area contributed by atoms with Crippen molar-refractivity contribution >= 4 is 5.97 Å². The van der Waals surface area contributed by atoms with Crippen LogP contribution in [0, 0.1) is 0 Å². The Hall–Kier alpha value is -1.51. The van der Waals surface area contributed by atoms with Crippen LogP contribution >= 0.6 is 0 Å². The maximum Gasteiger partial charge on any atom is 0.337 e. The van der Waals surface area contributed by atoms with Crippen LogP contribution in [0.4, 0.5) is 0 Å². The van der Waals surface area contributed by atoms with Crippen molar-refractivity contribution in [3.63, 3.8) is 0 Å². The summed E-state index contributed by atoms with van der Waals surface area (Å²) in [5.41, 5.74) is 5.63. The van der Waals surface area contributed by atoms with Crippen LogP contribution in [0.15, 0.2) is 36.1 Å². The van der Waals surface area contributed by atoms with Crippen LogP contribution in [0.5, 0.6) is 0 Å². The van der Waals surface area contributed by atoms with E-state index in [1.807, 2.05) is 0 Å². The second-order valence-corrected chi connectivity index (χ2v) is 1.88. The molecule has 3 N–H and O–H groups in total. The van der Waals surface area contributed by atoms with Gasteiger partial charge in [-0.15, -0.1) is 0 Å². The first-order valence-corrected chi connectivity index (χ1v) is 3.11. The molecule has 0 atom stereocenters. The lowest BCUT2D eigenvalue weighted by molar-refractivity contribution is -0.132. The van der Waals surface area contributed by atoms with Crippen molar-refractivity contribution in [2.24, 2.45) is 5.73 Å². The Morgan fingerprint density at radius 1 is 1.64 bits per heavy atom. The van der Waals surface area contributed by atoms with Gasteiger partial charge in [0.1, 0.15) is 0 Å². The molecule has 0 fully saturated rings. The van der Waals surface area contributed by atoms with Gasteiger partial charge in [0.15, 0.2) is 0 Å². The highest BCUT2D eigenvalue weighted by molar-refractivity contribution is 5.91. The van der Waals surface area contributed by atoms with Crippen molar-refractivity contribution in [3.05, 3.63) is 36.1 Å². The molecule has 0 unspecified atom stereocenters. The third kappa shape index (κ3) is 2.71. The lowest BCUT2D eigenvalue weighted by Gasteiger charge is -1.96. The first kappa shape index (κ1) is 9.49. The highest BCUT2D eigenvalue weighted by atomic mass is 16.4. The molecule has 0 amide bonds. The number of rotatable bonds is 3. The molecule has 0 aliphatic rings. The molecule has 0 aliphatic carbocycles. The van der Waals surface area contributed by atoms with Crippen molar-refractivity contribution in [1.82, 2.24) is 0 Å². The zero-order valence-corrected chi connectivity index (χ0v) is 6.37. The normalized spacial score (nSPS) is 12.8. The van der Waals surface area contributed by atoms with Crippen LogP contribution in [-0.4, -0.2) is 11.1 Å². The van der Waals surface area contributed by atoms with E-state index in [0.717, 1.165) is 0 Å². The minimum absolute atomic E-state index is 0.0306. The quantitative estimate of drug-likeness (QED) is 0.470. The molecule has 0 bridgehead atoms. The van der Waals surface area contributed by atoms with E-state index in [-0.39, 0.29) is 11.3 Å². The fraction of sp³-hybridized carbons (Fsp3) is 0.125. The number of aliphatic carboxylic acids is 1. The second-order valence-electron chi connectivity index (χ2n) is 1.88. The van der Waals surface area contributed by atoms with E-state index >= 15 is 0 Å². The average Bonchev–Trinajstić information content (AvgIpc) is 1.88. The van der Waals surface area contributed by atoms with Gasteiger partial charge in [0, 0.05) is 5.70 Å². The highest BCUT2D eigenvalue weighted by Gasteiger charge is 2.04. The summed E-state index contributed by atoms with van der Waals surface area (Å²) in [6.07, 6.45) is 4.41. The minimum atomic E-state index is -1.06. The molecule has 0 saturated carbocycles. The Balaban J connectivity index is 4.82. The average molecular weight is 153 g/mol. The van der Waals surface area contributed by atoms with Crippen molar-refractivity contribution in [1.29, 1.82) is 0 Å². The van der Waals surface area contributed by atoms with E-state index in [2.05, 4.69) is 6.58 Å². The van der Waals surface area contributed by atoms with Crippen molar-refractivity contribution in [2.45, 2.75) is 6.92 Å². The van der Waals surface area contributed by atoms with E-state index in [1.165, 1.54) is 12.2 Å². The summed E-state index contributed by atoms with van der Waals surface area (Å²) in [6.45, 7) is 5.09. The Labute approximate surface area is 65.5 Å². The van der Waals surface area contributed by atoms with Crippen molar-refractivity contribution in [2.75, 3.05) is 0 Å². The predicted molar refractivity (Wildman–Crippen MR) is 43.9 cm³/mol. The molecule has 0 aromatic heterocycles. The Kier molecular flexibility index (Phi) is 3.73. The number of allylic oxidation sites excluding steroid dienone is 2. The van der Waals surface area contributed by atoms with Gasteiger partial charge in [-0.3, -0.25) is 0 Å². The topological polar surface area (TPSA) is 63.3 Å². The van der Waals surface area contributed by atoms with Gasteiger partial charge < -0.3 is 10.8 Å². The number of hydrogen-bond acceptors (Lipinski definition) is 2. The van der Waals surface area contributed by atoms with E-state index in [4.69, 9.17) is 10.8 Å². The summed E-state index contributed by atoms with van der Waals surface area (Å²) in [7, 11) is 0. The fourth-order valence-electron chi connectivity index (χ4n) is 0.598. The minimum Gasteiger partial charge on any atom is -0.478 e. The lowest BCUT2D eigenvalue weighted by atomic mass is 10.2. The molecule has 3 nitrogen and oxygen atoms in total. The van der Waals surface area contributed by atoms with Crippen LogP contribution in [0.3, 0.4) is 0 Å². The Morgan fingerprint density at radius 3 is 2.45 bits per heavy atom. The van der Waals surface area contributed by atoms with Gasteiger partial charge >= 0.3 is 5.97 Å². The SMILES string of the molecule is C=C/C(C(=O)O)=C(N)\C=C/C. The first-order chi connectivity index (χ1) is 5.13. The first-order valence-electron chi connectivity index (χ1n) is 3.11. The molecule has 3 heteroatoms. The zero-order chi connectivity index (χ0) is 8.85. The van der Waals surface area contributed by atoms with Crippen LogP contribution in [-0.2, 0) is 4.79 Å². The third-order valence-electron chi connectivity index (χ3n) is 1.09. The molecular formula is C8H11NO2. The van der Waals surface area contributed by atoms with Gasteiger partial charge in [0.2, 0.25) is 0 Å². The zero-order valence-electron chi connectivity index (χ0n) is 6.37. The van der Waals surface area contributed by atoms with Crippen LogP contribution in [0.2, 0.25) is 0 Å². The molecule has 0 rings (SSSR count). The summed E-state index contributed by atoms with van der Waals surface area (Å²) < 4.78 is 0.